The van der Waals surface area contributed by atoms with Crippen LogP contribution in [0.25, 0.3) is 11.3 Å². The summed E-state index contributed by atoms with van der Waals surface area (Å²) in [6, 6.07) is 9.81. The van der Waals surface area contributed by atoms with Gasteiger partial charge in [0.25, 0.3) is 0 Å². The molecule has 0 unspecified atom stereocenters. The maximum absolute atomic E-state index is 8.82. The molecule has 1 N–H and O–H groups in total. The average molecular weight is 248 g/mol. The topological polar surface area (TPSA) is 52.5 Å². The number of aromatic nitrogens is 2. The van der Waals surface area contributed by atoms with Gasteiger partial charge in [-0.25, -0.2) is 0 Å². The summed E-state index contributed by atoms with van der Waals surface area (Å²) in [5.74, 6) is 0. The van der Waals surface area contributed by atoms with Crippen molar-refractivity contribution in [2.75, 3.05) is 0 Å². The predicted octanol–water partition coefficient (Wildman–Crippen LogP) is 2.71. The van der Waals surface area contributed by atoms with Crippen LogP contribution in [0.4, 0.5) is 0 Å². The minimum Gasteiger partial charge on any atom is -0.276 e. The second kappa shape index (κ2) is 3.64. The summed E-state index contributed by atoms with van der Waals surface area (Å²) < 4.78 is 0.980. The van der Waals surface area contributed by atoms with Crippen LogP contribution in [0.5, 0.6) is 0 Å². The third-order valence-electron chi connectivity index (χ3n) is 1.87. The molecule has 1 aromatic heterocycles. The standard InChI is InChI=1S/C10H6BrN3/c11-9-3-1-2-7(4-9)10-8(5-12)6-13-14-10/h1-4,6H,(H,13,14). The fourth-order valence-corrected chi connectivity index (χ4v) is 1.63. The molecule has 0 bridgehead atoms. The van der Waals surface area contributed by atoms with E-state index in [1.165, 1.54) is 6.20 Å². The smallest absolute Gasteiger partial charge is 0.103 e. The lowest BCUT2D eigenvalue weighted by atomic mass is 10.1. The van der Waals surface area contributed by atoms with Crippen molar-refractivity contribution in [1.82, 2.24) is 10.2 Å². The van der Waals surface area contributed by atoms with Gasteiger partial charge in [-0.3, -0.25) is 5.10 Å². The van der Waals surface area contributed by atoms with Crippen LogP contribution in [-0.2, 0) is 0 Å². The number of aromatic amines is 1. The fourth-order valence-electron chi connectivity index (χ4n) is 1.23. The third-order valence-corrected chi connectivity index (χ3v) is 2.37. The molecule has 0 fully saturated rings. The Morgan fingerprint density at radius 1 is 1.43 bits per heavy atom. The molecule has 0 spiro atoms. The Hall–Kier alpha value is -1.60. The van der Waals surface area contributed by atoms with Gasteiger partial charge < -0.3 is 0 Å². The quantitative estimate of drug-likeness (QED) is 0.843. The van der Waals surface area contributed by atoms with Crippen LogP contribution in [0, 0.1) is 11.3 Å². The lowest BCUT2D eigenvalue weighted by Crippen LogP contribution is -1.81. The van der Waals surface area contributed by atoms with Crippen LogP contribution >= 0.6 is 15.9 Å². The van der Waals surface area contributed by atoms with E-state index in [4.69, 9.17) is 5.26 Å². The third kappa shape index (κ3) is 1.54. The Bertz CT molecular complexity index is 496. The van der Waals surface area contributed by atoms with E-state index in [2.05, 4.69) is 32.2 Å². The van der Waals surface area contributed by atoms with E-state index in [1.807, 2.05) is 24.3 Å². The van der Waals surface area contributed by atoms with Gasteiger partial charge in [0.1, 0.15) is 6.07 Å². The van der Waals surface area contributed by atoms with Gasteiger partial charge in [0.2, 0.25) is 0 Å². The molecule has 0 saturated heterocycles. The minimum atomic E-state index is 0.558. The van der Waals surface area contributed by atoms with Crippen molar-refractivity contribution in [1.29, 1.82) is 5.26 Å². The number of H-pyrrole nitrogens is 1. The van der Waals surface area contributed by atoms with Gasteiger partial charge in [-0.1, -0.05) is 28.1 Å². The normalized spacial score (nSPS) is 9.71. The molecule has 0 aliphatic carbocycles. The van der Waals surface area contributed by atoms with Crippen LogP contribution < -0.4 is 0 Å². The molecule has 0 atom stereocenters. The maximum atomic E-state index is 8.82. The maximum Gasteiger partial charge on any atom is 0.103 e. The molecule has 68 valence electrons. The van der Waals surface area contributed by atoms with E-state index in [0.29, 0.717) is 5.56 Å². The zero-order chi connectivity index (χ0) is 9.97. The average Bonchev–Trinajstić information content (AvgIpc) is 2.65. The number of hydrogen-bond acceptors (Lipinski definition) is 2. The van der Waals surface area contributed by atoms with Gasteiger partial charge in [0.15, 0.2) is 0 Å². The molecular formula is C10H6BrN3. The molecule has 2 aromatic rings. The summed E-state index contributed by atoms with van der Waals surface area (Å²) in [7, 11) is 0. The lowest BCUT2D eigenvalue weighted by Gasteiger charge is -1.98. The number of nitriles is 1. The number of rotatable bonds is 1. The first kappa shape index (κ1) is 8.97. The van der Waals surface area contributed by atoms with E-state index in [9.17, 15) is 0 Å². The Kier molecular flexibility index (Phi) is 2.33. The van der Waals surface area contributed by atoms with Crippen molar-refractivity contribution in [2.24, 2.45) is 0 Å². The summed E-state index contributed by atoms with van der Waals surface area (Å²) >= 11 is 3.38. The second-order valence-corrected chi connectivity index (χ2v) is 3.70. The van der Waals surface area contributed by atoms with E-state index >= 15 is 0 Å². The van der Waals surface area contributed by atoms with Crippen molar-refractivity contribution in [3.05, 3.63) is 40.5 Å². The van der Waals surface area contributed by atoms with Crippen LogP contribution in [-0.4, -0.2) is 10.2 Å². The van der Waals surface area contributed by atoms with Crippen molar-refractivity contribution in [3.8, 4) is 17.3 Å². The summed E-state index contributed by atoms with van der Waals surface area (Å²) in [6.45, 7) is 0. The molecule has 0 amide bonds. The minimum absolute atomic E-state index is 0.558. The van der Waals surface area contributed by atoms with Crippen molar-refractivity contribution >= 4 is 15.9 Å². The molecule has 0 aliphatic rings. The van der Waals surface area contributed by atoms with Crippen LogP contribution in [0.2, 0.25) is 0 Å². The van der Waals surface area contributed by atoms with Gasteiger partial charge in [-0.05, 0) is 12.1 Å². The number of benzene rings is 1. The van der Waals surface area contributed by atoms with Crippen LogP contribution in [0.3, 0.4) is 0 Å². The number of hydrogen-bond donors (Lipinski definition) is 1. The van der Waals surface area contributed by atoms with Crippen LogP contribution in [0.15, 0.2) is 34.9 Å². The zero-order valence-electron chi connectivity index (χ0n) is 7.16. The monoisotopic (exact) mass is 247 g/mol. The molecule has 0 aliphatic heterocycles. The van der Waals surface area contributed by atoms with Gasteiger partial charge in [0, 0.05) is 10.0 Å². The Morgan fingerprint density at radius 3 is 3.00 bits per heavy atom. The predicted molar refractivity (Wildman–Crippen MR) is 56.4 cm³/mol. The summed E-state index contributed by atoms with van der Waals surface area (Å²) in [4.78, 5) is 0. The summed E-state index contributed by atoms with van der Waals surface area (Å²) in [5, 5.41) is 15.5. The van der Waals surface area contributed by atoms with E-state index < -0.39 is 0 Å². The van der Waals surface area contributed by atoms with Crippen molar-refractivity contribution < 1.29 is 0 Å². The lowest BCUT2D eigenvalue weighted by molar-refractivity contribution is 1.10. The number of nitrogens with zero attached hydrogens (tertiary/aromatic N) is 2. The van der Waals surface area contributed by atoms with E-state index in [-0.39, 0.29) is 0 Å². The van der Waals surface area contributed by atoms with Crippen molar-refractivity contribution in [3.63, 3.8) is 0 Å². The largest absolute Gasteiger partial charge is 0.276 e. The molecule has 1 heterocycles. The Morgan fingerprint density at radius 2 is 2.29 bits per heavy atom. The zero-order valence-corrected chi connectivity index (χ0v) is 8.75. The molecular weight excluding hydrogens is 242 g/mol. The van der Waals surface area contributed by atoms with Gasteiger partial charge in [0.05, 0.1) is 17.5 Å². The van der Waals surface area contributed by atoms with Crippen LogP contribution in [0.1, 0.15) is 5.56 Å². The molecule has 4 heteroatoms. The molecule has 0 saturated carbocycles. The highest BCUT2D eigenvalue weighted by molar-refractivity contribution is 9.10. The summed E-state index contributed by atoms with van der Waals surface area (Å²) in [6.07, 6.45) is 1.52. The highest BCUT2D eigenvalue weighted by Gasteiger charge is 2.06. The van der Waals surface area contributed by atoms with Gasteiger partial charge >= 0.3 is 0 Å². The van der Waals surface area contributed by atoms with E-state index in [0.717, 1.165) is 15.7 Å². The Labute approximate surface area is 89.5 Å². The second-order valence-electron chi connectivity index (χ2n) is 2.78. The van der Waals surface area contributed by atoms with Gasteiger partial charge in [-0.2, -0.15) is 10.4 Å². The fraction of sp³-hybridized carbons (Fsp3) is 0. The Balaban J connectivity index is 2.56. The highest BCUT2D eigenvalue weighted by atomic mass is 79.9. The first-order valence-electron chi connectivity index (χ1n) is 4.00. The molecule has 3 nitrogen and oxygen atoms in total. The number of halogens is 1. The first-order chi connectivity index (χ1) is 6.81. The van der Waals surface area contributed by atoms with E-state index in [1.54, 1.807) is 0 Å². The molecule has 0 radical (unpaired) electrons. The molecule has 14 heavy (non-hydrogen) atoms. The van der Waals surface area contributed by atoms with Crippen molar-refractivity contribution in [2.45, 2.75) is 0 Å². The SMILES string of the molecule is N#Cc1cn[nH]c1-c1cccc(Br)c1. The molecule has 2 rings (SSSR count). The first-order valence-corrected chi connectivity index (χ1v) is 4.80. The number of nitrogens with one attached hydrogen (secondary N) is 1. The summed E-state index contributed by atoms with van der Waals surface area (Å²) in [5.41, 5.74) is 2.27. The highest BCUT2D eigenvalue weighted by Crippen LogP contribution is 2.23. The van der Waals surface area contributed by atoms with Gasteiger partial charge in [-0.15, -0.1) is 0 Å². The molecule has 1 aromatic carbocycles.